The molecule has 15 rings (SSSR count). The van der Waals surface area contributed by atoms with Crippen molar-refractivity contribution in [1.29, 1.82) is 0 Å². The predicted octanol–water partition coefficient (Wildman–Crippen LogP) is 19.0. The molecule has 9 N–H and O–H groups in total. The molecule has 18 heteroatoms. The van der Waals surface area contributed by atoms with Crippen LogP contribution in [0.5, 0.6) is 0 Å². The van der Waals surface area contributed by atoms with Crippen LogP contribution in [0.25, 0.3) is 66.5 Å². The van der Waals surface area contributed by atoms with Gasteiger partial charge in [-0.15, -0.1) is 0 Å². The van der Waals surface area contributed by atoms with Crippen molar-refractivity contribution >= 4 is 102 Å². The smallest absolute Gasteiger partial charge is 0.255 e. The summed E-state index contributed by atoms with van der Waals surface area (Å²) in [4.78, 5) is 67.2. The standard InChI is InChI=1S/3C30H27N5O/c3*1-20-12-13-21(19-31-2)18-27(20)33-29(36)23-14-16-24(17-15-23)32-30-34-26-11-7-6-10-25(26)28(35-30)22-8-4-3-5-9-22/h3*3-18,31H,19H2,1-2H3,(H,33,36)(H,32,34,35). The van der Waals surface area contributed by atoms with Crippen LogP contribution >= 0.6 is 0 Å². The number of fused-ring (bicyclic) bond motifs is 3. The summed E-state index contributed by atoms with van der Waals surface area (Å²) in [6, 6.07) is 94.3. The van der Waals surface area contributed by atoms with Gasteiger partial charge in [0, 0.05) is 103 Å². The Morgan fingerprint density at radius 2 is 0.528 bits per heavy atom. The third kappa shape index (κ3) is 18.3. The van der Waals surface area contributed by atoms with Crippen molar-refractivity contribution in [3.05, 3.63) is 341 Å². The molecule has 0 spiro atoms. The maximum Gasteiger partial charge on any atom is 0.255 e. The van der Waals surface area contributed by atoms with Crippen LogP contribution in [0.3, 0.4) is 0 Å². The van der Waals surface area contributed by atoms with E-state index in [-0.39, 0.29) is 17.7 Å². The van der Waals surface area contributed by atoms with Crippen molar-refractivity contribution in [2.45, 2.75) is 40.4 Å². The van der Waals surface area contributed by atoms with E-state index in [2.05, 4.69) is 66.1 Å². The molecule has 0 bridgehead atoms. The molecule has 12 aromatic carbocycles. The van der Waals surface area contributed by atoms with Gasteiger partial charge in [0.2, 0.25) is 17.8 Å². The van der Waals surface area contributed by atoms with Crippen LogP contribution in [0.1, 0.15) is 64.5 Å². The van der Waals surface area contributed by atoms with Gasteiger partial charge in [-0.2, -0.15) is 0 Å². The number of anilines is 9. The van der Waals surface area contributed by atoms with Crippen LogP contribution in [0, 0.1) is 20.8 Å². The lowest BCUT2D eigenvalue weighted by atomic mass is 10.1. The molecule has 15 aromatic rings. The number of aromatic nitrogens is 6. The second-order valence-electron chi connectivity index (χ2n) is 25.8. The van der Waals surface area contributed by atoms with E-state index in [1.165, 1.54) is 0 Å². The molecule has 3 aromatic heterocycles. The van der Waals surface area contributed by atoms with E-state index >= 15 is 0 Å². The molecule has 0 aliphatic carbocycles. The lowest BCUT2D eigenvalue weighted by molar-refractivity contribution is 0.101. The second-order valence-corrected chi connectivity index (χ2v) is 25.8. The Hall–Kier alpha value is -13.7. The minimum atomic E-state index is -0.153. The summed E-state index contributed by atoms with van der Waals surface area (Å²) in [5.41, 5.74) is 21.2. The average Bonchev–Trinajstić information content (AvgIpc) is 0.798. The lowest BCUT2D eigenvalue weighted by Crippen LogP contribution is -2.13. The van der Waals surface area contributed by atoms with Crippen LogP contribution in [0.2, 0.25) is 0 Å². The van der Waals surface area contributed by atoms with Gasteiger partial charge in [-0.05, 0) is 184 Å². The molecule has 18 nitrogen and oxygen atoms in total. The van der Waals surface area contributed by atoms with Gasteiger partial charge >= 0.3 is 0 Å². The number of rotatable bonds is 21. The zero-order valence-corrected chi connectivity index (χ0v) is 60.7. The largest absolute Gasteiger partial charge is 0.324 e. The van der Waals surface area contributed by atoms with Gasteiger partial charge in [0.25, 0.3) is 17.7 Å². The predicted molar refractivity (Wildman–Crippen MR) is 440 cm³/mol. The van der Waals surface area contributed by atoms with Crippen LogP contribution in [-0.4, -0.2) is 68.8 Å². The normalized spacial score (nSPS) is 10.8. The van der Waals surface area contributed by atoms with Crippen LogP contribution in [-0.2, 0) is 19.6 Å². The van der Waals surface area contributed by atoms with E-state index in [1.54, 1.807) is 36.4 Å². The van der Waals surface area contributed by atoms with Gasteiger partial charge in [0.15, 0.2) is 0 Å². The minimum Gasteiger partial charge on any atom is -0.324 e. The molecule has 3 heterocycles. The Labute approximate surface area is 627 Å². The first-order valence-electron chi connectivity index (χ1n) is 35.6. The van der Waals surface area contributed by atoms with Gasteiger partial charge in [-0.25, -0.2) is 29.9 Å². The molecule has 0 fully saturated rings. The molecule has 0 unspecified atom stereocenters. The van der Waals surface area contributed by atoms with E-state index in [0.717, 1.165) is 154 Å². The maximum atomic E-state index is 12.9. The van der Waals surface area contributed by atoms with Crippen molar-refractivity contribution in [2.24, 2.45) is 0 Å². The SMILES string of the molecule is CNCc1ccc(C)c(NC(=O)c2ccc(Nc3nc(-c4ccccc4)c4ccccc4n3)cc2)c1.CNCc1ccc(C)c(NC(=O)c2ccc(Nc3nc(-c4ccccc4)c4ccccc4n3)cc2)c1.CNCc1ccc(C)c(NC(=O)c2ccc(Nc3nc(-c4ccccc4)c4ccccc4n3)cc2)c1. The first-order valence-corrected chi connectivity index (χ1v) is 35.6. The van der Waals surface area contributed by atoms with E-state index in [9.17, 15) is 14.4 Å². The zero-order valence-electron chi connectivity index (χ0n) is 60.7. The first kappa shape index (κ1) is 72.7. The number of aryl methyl sites for hydroxylation is 3. The van der Waals surface area contributed by atoms with Gasteiger partial charge in [0.1, 0.15) is 0 Å². The number of amides is 3. The summed E-state index contributed by atoms with van der Waals surface area (Å²) in [5.74, 6) is 1.05. The van der Waals surface area contributed by atoms with Crippen LogP contribution < -0.4 is 47.9 Å². The van der Waals surface area contributed by atoms with E-state index in [1.807, 2.05) is 279 Å². The highest BCUT2D eigenvalue weighted by Gasteiger charge is 2.17. The highest BCUT2D eigenvalue weighted by molar-refractivity contribution is 6.07. The van der Waals surface area contributed by atoms with Crippen molar-refractivity contribution in [2.75, 3.05) is 53.0 Å². The Balaban J connectivity index is 0.000000143. The van der Waals surface area contributed by atoms with E-state index < -0.39 is 0 Å². The maximum absolute atomic E-state index is 12.9. The fraction of sp³-hybridized carbons (Fsp3) is 0.100. The number of hydrogen-bond acceptors (Lipinski definition) is 15. The fourth-order valence-corrected chi connectivity index (χ4v) is 12.3. The van der Waals surface area contributed by atoms with Crippen molar-refractivity contribution in [1.82, 2.24) is 45.9 Å². The molecule has 0 atom stereocenters. The van der Waals surface area contributed by atoms with Crippen LogP contribution in [0.15, 0.2) is 291 Å². The highest BCUT2D eigenvalue weighted by Crippen LogP contribution is 2.33. The molecular formula is C90H81N15O3. The summed E-state index contributed by atoms with van der Waals surface area (Å²) in [7, 11) is 5.71. The summed E-state index contributed by atoms with van der Waals surface area (Å²) in [5, 5.41) is 31.4. The van der Waals surface area contributed by atoms with Crippen molar-refractivity contribution in [3.63, 3.8) is 0 Å². The summed E-state index contributed by atoms with van der Waals surface area (Å²) in [6.07, 6.45) is 0. The quantitative estimate of drug-likeness (QED) is 0.0325. The van der Waals surface area contributed by atoms with Crippen molar-refractivity contribution < 1.29 is 14.4 Å². The highest BCUT2D eigenvalue weighted by atomic mass is 16.2. The van der Waals surface area contributed by atoms with Crippen molar-refractivity contribution in [3.8, 4) is 33.8 Å². The molecule has 3 amide bonds. The van der Waals surface area contributed by atoms with Gasteiger partial charge < -0.3 is 47.9 Å². The molecular weight excluding hydrogens is 1340 g/mol. The van der Waals surface area contributed by atoms with E-state index in [4.69, 9.17) is 29.9 Å². The first-order chi connectivity index (χ1) is 52.8. The molecule has 0 radical (unpaired) electrons. The molecule has 0 saturated carbocycles. The van der Waals surface area contributed by atoms with Gasteiger partial charge in [0.05, 0.1) is 33.6 Å². The Kier molecular flexibility index (Phi) is 23.4. The number of nitrogens with zero attached hydrogens (tertiary/aromatic N) is 6. The lowest BCUT2D eigenvalue weighted by Gasteiger charge is -2.12. The summed E-state index contributed by atoms with van der Waals surface area (Å²) in [6.45, 7) is 8.18. The minimum absolute atomic E-state index is 0.153. The average molecular weight is 1420 g/mol. The monoisotopic (exact) mass is 1420 g/mol. The second kappa shape index (κ2) is 34.8. The Morgan fingerprint density at radius 1 is 0.278 bits per heavy atom. The number of hydrogen-bond donors (Lipinski definition) is 9. The van der Waals surface area contributed by atoms with Gasteiger partial charge in [-0.3, -0.25) is 14.4 Å². The molecule has 0 saturated heterocycles. The molecule has 108 heavy (non-hydrogen) atoms. The number of carbonyl (C=O) groups excluding carboxylic acids is 3. The molecule has 0 aliphatic rings. The van der Waals surface area contributed by atoms with E-state index in [0.29, 0.717) is 34.5 Å². The topological polar surface area (TPSA) is 237 Å². The number of para-hydroxylation sites is 3. The summed E-state index contributed by atoms with van der Waals surface area (Å²) >= 11 is 0. The van der Waals surface area contributed by atoms with Crippen LogP contribution in [0.4, 0.5) is 52.0 Å². The number of nitrogens with one attached hydrogen (secondary N) is 9. The zero-order chi connectivity index (χ0) is 74.7. The summed E-state index contributed by atoms with van der Waals surface area (Å²) < 4.78 is 0. The van der Waals surface area contributed by atoms with Gasteiger partial charge in [-0.1, -0.05) is 182 Å². The Morgan fingerprint density at radius 3 is 0.787 bits per heavy atom. The number of benzene rings is 12. The fourth-order valence-electron chi connectivity index (χ4n) is 12.3. The number of carbonyl (C=O) groups is 3. The third-order valence-electron chi connectivity index (χ3n) is 18.0. The molecule has 534 valence electrons. The third-order valence-corrected chi connectivity index (χ3v) is 18.0. The Bertz CT molecular complexity index is 5100. The molecule has 0 aliphatic heterocycles.